The Hall–Kier alpha value is -2.08. The molecule has 30 heavy (non-hydrogen) atoms. The van der Waals surface area contributed by atoms with Crippen LogP contribution >= 0.6 is 0 Å². The first-order valence-corrected chi connectivity index (χ1v) is 10.9. The van der Waals surface area contributed by atoms with E-state index in [0.717, 1.165) is 18.0 Å². The lowest BCUT2D eigenvalue weighted by Crippen LogP contribution is -2.36. The van der Waals surface area contributed by atoms with Crippen LogP contribution in [0.4, 0.5) is 0 Å². The predicted octanol–water partition coefficient (Wildman–Crippen LogP) is 3.69. The predicted molar refractivity (Wildman–Crippen MR) is 121 cm³/mol. The molecule has 5 heteroatoms. The Kier molecular flexibility index (Phi) is 7.75. The number of aliphatic hydroxyl groups is 1. The molecule has 5 nitrogen and oxygen atoms in total. The fraction of sp³-hybridized carbons (Fsp3) is 0.520. The Morgan fingerprint density at radius 2 is 1.67 bits per heavy atom. The van der Waals surface area contributed by atoms with Crippen LogP contribution in [-0.4, -0.2) is 54.0 Å². The van der Waals surface area contributed by atoms with Gasteiger partial charge in [0, 0.05) is 31.7 Å². The van der Waals surface area contributed by atoms with Gasteiger partial charge in [-0.25, -0.2) is 0 Å². The van der Waals surface area contributed by atoms with E-state index in [1.807, 2.05) is 24.3 Å². The van der Waals surface area contributed by atoms with Crippen LogP contribution < -0.4 is 14.8 Å². The van der Waals surface area contributed by atoms with E-state index >= 15 is 0 Å². The quantitative estimate of drug-likeness (QED) is 0.658. The SMILES string of the molecule is Cc1cc(C)cc(O[C@H]2CN(Cc3ccc(OC[C@H](C)NC(C)C)cc3)C[C@@H]2O)c1. The third-order valence-electron chi connectivity index (χ3n) is 5.24. The fourth-order valence-electron chi connectivity index (χ4n) is 4.04. The molecule has 1 fully saturated rings. The van der Waals surface area contributed by atoms with Crippen molar-refractivity contribution >= 4 is 0 Å². The Balaban J connectivity index is 1.49. The minimum Gasteiger partial charge on any atom is -0.492 e. The molecule has 164 valence electrons. The summed E-state index contributed by atoms with van der Waals surface area (Å²) < 4.78 is 12.0. The molecule has 3 rings (SSSR count). The third-order valence-corrected chi connectivity index (χ3v) is 5.24. The molecule has 2 aromatic rings. The molecule has 0 radical (unpaired) electrons. The number of rotatable bonds is 9. The summed E-state index contributed by atoms with van der Waals surface area (Å²) in [5.41, 5.74) is 3.55. The molecule has 2 aromatic carbocycles. The number of aryl methyl sites for hydroxylation is 2. The van der Waals surface area contributed by atoms with E-state index in [1.165, 1.54) is 16.7 Å². The maximum absolute atomic E-state index is 10.5. The van der Waals surface area contributed by atoms with Crippen LogP contribution in [0.3, 0.4) is 0 Å². The van der Waals surface area contributed by atoms with E-state index in [1.54, 1.807) is 0 Å². The van der Waals surface area contributed by atoms with Crippen LogP contribution in [0.15, 0.2) is 42.5 Å². The number of ether oxygens (including phenoxy) is 2. The molecule has 0 amide bonds. The molecule has 0 spiro atoms. The van der Waals surface area contributed by atoms with Gasteiger partial charge in [0.2, 0.25) is 0 Å². The summed E-state index contributed by atoms with van der Waals surface area (Å²) in [6, 6.07) is 15.2. The van der Waals surface area contributed by atoms with Crippen LogP contribution in [0.2, 0.25) is 0 Å². The van der Waals surface area contributed by atoms with Gasteiger partial charge in [0.1, 0.15) is 30.3 Å². The molecule has 1 aliphatic rings. The molecule has 0 aliphatic carbocycles. The second kappa shape index (κ2) is 10.3. The highest BCUT2D eigenvalue weighted by Gasteiger charge is 2.33. The van der Waals surface area contributed by atoms with E-state index in [2.05, 4.69) is 63.0 Å². The highest BCUT2D eigenvalue weighted by atomic mass is 16.5. The van der Waals surface area contributed by atoms with Crippen molar-refractivity contribution in [1.82, 2.24) is 10.2 Å². The Morgan fingerprint density at radius 3 is 2.30 bits per heavy atom. The van der Waals surface area contributed by atoms with Crippen molar-refractivity contribution in [2.24, 2.45) is 0 Å². The maximum atomic E-state index is 10.5. The fourth-order valence-corrected chi connectivity index (χ4v) is 4.04. The van der Waals surface area contributed by atoms with Gasteiger partial charge in [-0.15, -0.1) is 0 Å². The van der Waals surface area contributed by atoms with Crippen LogP contribution in [0.25, 0.3) is 0 Å². The van der Waals surface area contributed by atoms with Crippen molar-refractivity contribution in [1.29, 1.82) is 0 Å². The second-order valence-corrected chi connectivity index (χ2v) is 8.92. The molecular weight excluding hydrogens is 376 g/mol. The molecule has 1 aliphatic heterocycles. The van der Waals surface area contributed by atoms with Gasteiger partial charge in [-0.05, 0) is 61.7 Å². The summed E-state index contributed by atoms with van der Waals surface area (Å²) in [5.74, 6) is 1.72. The monoisotopic (exact) mass is 412 g/mol. The zero-order valence-electron chi connectivity index (χ0n) is 18.9. The zero-order chi connectivity index (χ0) is 21.7. The summed E-state index contributed by atoms with van der Waals surface area (Å²) in [6.45, 7) is 13.3. The van der Waals surface area contributed by atoms with Gasteiger partial charge >= 0.3 is 0 Å². The molecule has 3 atom stereocenters. The number of hydrogen-bond acceptors (Lipinski definition) is 5. The van der Waals surface area contributed by atoms with E-state index < -0.39 is 6.10 Å². The second-order valence-electron chi connectivity index (χ2n) is 8.92. The highest BCUT2D eigenvalue weighted by molar-refractivity contribution is 5.33. The smallest absolute Gasteiger partial charge is 0.138 e. The van der Waals surface area contributed by atoms with Crippen molar-refractivity contribution in [2.75, 3.05) is 19.7 Å². The average molecular weight is 413 g/mol. The number of likely N-dealkylation sites (tertiary alicyclic amines) is 1. The van der Waals surface area contributed by atoms with Gasteiger partial charge in [-0.2, -0.15) is 0 Å². The van der Waals surface area contributed by atoms with Gasteiger partial charge < -0.3 is 19.9 Å². The topological polar surface area (TPSA) is 54.0 Å². The number of β-amino-alcohol motifs (C(OH)–C–C–N with tert-alkyl or cyclic N) is 1. The lowest BCUT2D eigenvalue weighted by molar-refractivity contribution is 0.0736. The third kappa shape index (κ3) is 6.73. The first-order chi connectivity index (χ1) is 14.3. The van der Waals surface area contributed by atoms with Crippen LogP contribution in [0, 0.1) is 13.8 Å². The summed E-state index contributed by atoms with van der Waals surface area (Å²) in [6.07, 6.45) is -0.688. The summed E-state index contributed by atoms with van der Waals surface area (Å²) in [5, 5.41) is 13.9. The van der Waals surface area contributed by atoms with E-state index in [4.69, 9.17) is 9.47 Å². The van der Waals surface area contributed by atoms with Crippen LogP contribution in [0.1, 0.15) is 37.5 Å². The van der Waals surface area contributed by atoms with Crippen molar-refractivity contribution in [3.63, 3.8) is 0 Å². The summed E-state index contributed by atoms with van der Waals surface area (Å²) in [7, 11) is 0. The zero-order valence-corrected chi connectivity index (χ0v) is 18.9. The Bertz CT molecular complexity index is 786. The average Bonchev–Trinajstić information content (AvgIpc) is 2.98. The maximum Gasteiger partial charge on any atom is 0.138 e. The van der Waals surface area contributed by atoms with Gasteiger partial charge in [0.15, 0.2) is 0 Å². The van der Waals surface area contributed by atoms with Crippen LogP contribution in [0.5, 0.6) is 11.5 Å². The van der Waals surface area contributed by atoms with Gasteiger partial charge in [-0.1, -0.05) is 32.0 Å². The molecule has 1 heterocycles. The largest absolute Gasteiger partial charge is 0.492 e. The van der Waals surface area contributed by atoms with E-state index in [9.17, 15) is 5.11 Å². The Labute approximate surface area is 181 Å². The molecule has 0 bridgehead atoms. The van der Waals surface area contributed by atoms with Crippen molar-refractivity contribution in [3.05, 3.63) is 59.2 Å². The van der Waals surface area contributed by atoms with Crippen molar-refractivity contribution < 1.29 is 14.6 Å². The highest BCUT2D eigenvalue weighted by Crippen LogP contribution is 2.23. The van der Waals surface area contributed by atoms with Crippen molar-refractivity contribution in [3.8, 4) is 11.5 Å². The molecule has 0 unspecified atom stereocenters. The van der Waals surface area contributed by atoms with E-state index in [-0.39, 0.29) is 6.10 Å². The normalized spacial score (nSPS) is 20.5. The van der Waals surface area contributed by atoms with Gasteiger partial charge in [0.25, 0.3) is 0 Å². The number of hydrogen-bond donors (Lipinski definition) is 2. The van der Waals surface area contributed by atoms with Gasteiger partial charge in [0.05, 0.1) is 0 Å². The van der Waals surface area contributed by atoms with E-state index in [0.29, 0.717) is 31.8 Å². The molecule has 2 N–H and O–H groups in total. The molecule has 1 saturated heterocycles. The lowest BCUT2D eigenvalue weighted by atomic mass is 10.1. The van der Waals surface area contributed by atoms with Crippen LogP contribution in [-0.2, 0) is 6.54 Å². The number of nitrogens with zero attached hydrogens (tertiary/aromatic N) is 1. The minimum absolute atomic E-state index is 0.205. The first-order valence-electron chi connectivity index (χ1n) is 10.9. The first kappa shape index (κ1) is 22.6. The summed E-state index contributed by atoms with van der Waals surface area (Å²) in [4.78, 5) is 2.24. The number of aliphatic hydroxyl groups excluding tert-OH is 1. The Morgan fingerprint density at radius 1 is 1.00 bits per heavy atom. The molecular formula is C25H36N2O3. The van der Waals surface area contributed by atoms with Gasteiger partial charge in [-0.3, -0.25) is 4.90 Å². The lowest BCUT2D eigenvalue weighted by Gasteiger charge is -2.19. The standard InChI is InChI=1S/C25H36N2O3/c1-17(2)26-20(5)16-29-22-8-6-21(7-9-22)13-27-14-24(28)25(15-27)30-23-11-18(3)10-19(4)12-23/h6-12,17,20,24-26,28H,13-16H2,1-5H3/t20-,24-,25-/m0/s1. The minimum atomic E-state index is -0.483. The van der Waals surface area contributed by atoms with Crippen molar-refractivity contribution in [2.45, 2.75) is 65.5 Å². The number of nitrogens with one attached hydrogen (secondary N) is 1. The molecule has 0 saturated carbocycles. The number of benzene rings is 2. The summed E-state index contributed by atoms with van der Waals surface area (Å²) >= 11 is 0. The molecule has 0 aromatic heterocycles.